The molecule has 3 N–H and O–H groups in total. The number of hydrogen-bond acceptors (Lipinski definition) is 3. The Bertz CT molecular complexity index is 796. The van der Waals surface area contributed by atoms with Gasteiger partial charge in [0.1, 0.15) is 5.82 Å². The number of urea groups is 1. The molecule has 8 heteroatoms. The number of carbonyl (C=O) groups is 2. The number of carboxylic acid groups (broad SMARTS) is 1. The SMILES string of the molecule is O=C(Nc1ccc(CCC2CCN(C(=O)O)C2)cc1)Nc1ccc(Cl)cn1. The Hall–Kier alpha value is -2.80. The fourth-order valence-electron chi connectivity index (χ4n) is 3.10. The number of benzene rings is 1. The molecule has 0 radical (unpaired) electrons. The quantitative estimate of drug-likeness (QED) is 0.711. The van der Waals surface area contributed by atoms with E-state index in [1.54, 1.807) is 12.1 Å². The first-order valence-electron chi connectivity index (χ1n) is 8.76. The van der Waals surface area contributed by atoms with Crippen molar-refractivity contribution in [3.63, 3.8) is 0 Å². The van der Waals surface area contributed by atoms with E-state index in [-0.39, 0.29) is 6.03 Å². The van der Waals surface area contributed by atoms with Crippen molar-refractivity contribution in [1.82, 2.24) is 9.88 Å². The summed E-state index contributed by atoms with van der Waals surface area (Å²) in [5.41, 5.74) is 1.84. The first-order chi connectivity index (χ1) is 13.0. The highest BCUT2D eigenvalue weighted by Gasteiger charge is 2.25. The van der Waals surface area contributed by atoms with E-state index < -0.39 is 6.09 Å². The molecule has 2 aromatic rings. The second-order valence-corrected chi connectivity index (χ2v) is 7.00. The highest BCUT2D eigenvalue weighted by Crippen LogP contribution is 2.22. The fourth-order valence-corrected chi connectivity index (χ4v) is 3.21. The summed E-state index contributed by atoms with van der Waals surface area (Å²) in [7, 11) is 0. The van der Waals surface area contributed by atoms with Crippen LogP contribution in [-0.2, 0) is 6.42 Å². The molecule has 0 bridgehead atoms. The minimum atomic E-state index is -0.833. The maximum atomic E-state index is 12.0. The molecule has 1 aliphatic heterocycles. The second-order valence-electron chi connectivity index (χ2n) is 6.56. The van der Waals surface area contributed by atoms with E-state index >= 15 is 0 Å². The van der Waals surface area contributed by atoms with E-state index in [0.717, 1.165) is 24.8 Å². The average molecular weight is 389 g/mol. The average Bonchev–Trinajstić information content (AvgIpc) is 3.12. The van der Waals surface area contributed by atoms with Crippen molar-refractivity contribution in [2.45, 2.75) is 19.3 Å². The monoisotopic (exact) mass is 388 g/mol. The lowest BCUT2D eigenvalue weighted by atomic mass is 9.99. The van der Waals surface area contributed by atoms with Gasteiger partial charge in [0, 0.05) is 25.0 Å². The lowest BCUT2D eigenvalue weighted by Crippen LogP contribution is -2.26. The Labute approximate surface area is 162 Å². The number of likely N-dealkylation sites (tertiary alicyclic amines) is 1. The zero-order valence-electron chi connectivity index (χ0n) is 14.7. The van der Waals surface area contributed by atoms with Crippen LogP contribution in [0.3, 0.4) is 0 Å². The van der Waals surface area contributed by atoms with E-state index in [9.17, 15) is 9.59 Å². The van der Waals surface area contributed by atoms with E-state index in [4.69, 9.17) is 16.7 Å². The molecule has 1 unspecified atom stereocenters. The van der Waals surface area contributed by atoms with Gasteiger partial charge >= 0.3 is 12.1 Å². The lowest BCUT2D eigenvalue weighted by molar-refractivity contribution is 0.154. The number of carbonyl (C=O) groups excluding carboxylic acids is 1. The molecule has 27 heavy (non-hydrogen) atoms. The molecular formula is C19H21ClN4O3. The van der Waals surface area contributed by atoms with Crippen LogP contribution >= 0.6 is 11.6 Å². The van der Waals surface area contributed by atoms with Crippen molar-refractivity contribution in [3.05, 3.63) is 53.2 Å². The minimum Gasteiger partial charge on any atom is -0.465 e. The number of aromatic nitrogens is 1. The summed E-state index contributed by atoms with van der Waals surface area (Å²) in [5, 5.41) is 14.9. The number of aryl methyl sites for hydroxylation is 1. The summed E-state index contributed by atoms with van der Waals surface area (Å²) >= 11 is 5.76. The molecule has 3 amide bonds. The van der Waals surface area contributed by atoms with Gasteiger partial charge in [0.2, 0.25) is 0 Å². The van der Waals surface area contributed by atoms with Gasteiger partial charge in [-0.1, -0.05) is 23.7 Å². The standard InChI is InChI=1S/C19H21ClN4O3/c20-15-5-8-17(21-11-15)23-18(25)22-16-6-3-13(4-7-16)1-2-14-9-10-24(12-14)19(26)27/h3-8,11,14H,1-2,9-10,12H2,(H,26,27)(H2,21,22,23,25). The maximum Gasteiger partial charge on any atom is 0.407 e. The predicted octanol–water partition coefficient (Wildman–Crippen LogP) is 4.31. The van der Waals surface area contributed by atoms with Crippen LogP contribution in [0.5, 0.6) is 0 Å². The first kappa shape index (κ1) is 19.0. The molecule has 0 spiro atoms. The Balaban J connectivity index is 1.45. The van der Waals surface area contributed by atoms with Crippen molar-refractivity contribution >= 4 is 35.2 Å². The van der Waals surface area contributed by atoms with Crippen LogP contribution in [0.2, 0.25) is 5.02 Å². The molecule has 1 aromatic heterocycles. The van der Waals surface area contributed by atoms with Gasteiger partial charge in [0.05, 0.1) is 5.02 Å². The number of hydrogen-bond donors (Lipinski definition) is 3. The molecule has 1 atom stereocenters. The molecule has 2 heterocycles. The van der Waals surface area contributed by atoms with Crippen LogP contribution in [0.15, 0.2) is 42.6 Å². The van der Waals surface area contributed by atoms with Crippen LogP contribution in [0.4, 0.5) is 21.1 Å². The Morgan fingerprint density at radius 2 is 1.96 bits per heavy atom. The summed E-state index contributed by atoms with van der Waals surface area (Å²) < 4.78 is 0. The third-order valence-corrected chi connectivity index (χ3v) is 4.80. The van der Waals surface area contributed by atoms with Gasteiger partial charge in [-0.05, 0) is 55.0 Å². The summed E-state index contributed by atoms with van der Waals surface area (Å²) in [6.07, 6.45) is 3.40. The summed E-state index contributed by atoms with van der Waals surface area (Å²) in [6.45, 7) is 1.24. The van der Waals surface area contributed by atoms with E-state index in [0.29, 0.717) is 35.5 Å². The largest absolute Gasteiger partial charge is 0.465 e. The number of halogens is 1. The van der Waals surface area contributed by atoms with Crippen molar-refractivity contribution in [3.8, 4) is 0 Å². The van der Waals surface area contributed by atoms with Gasteiger partial charge in [-0.2, -0.15) is 0 Å². The number of nitrogens with one attached hydrogen (secondary N) is 2. The molecule has 1 fully saturated rings. The molecule has 0 saturated carbocycles. The normalized spacial score (nSPS) is 16.2. The number of pyridine rings is 1. The summed E-state index contributed by atoms with van der Waals surface area (Å²) in [6, 6.07) is 10.5. The van der Waals surface area contributed by atoms with Crippen molar-refractivity contribution in [2.24, 2.45) is 5.92 Å². The number of rotatable bonds is 5. The molecular weight excluding hydrogens is 368 g/mol. The van der Waals surface area contributed by atoms with Crippen LogP contribution in [0, 0.1) is 5.92 Å². The van der Waals surface area contributed by atoms with Crippen molar-refractivity contribution < 1.29 is 14.7 Å². The van der Waals surface area contributed by atoms with E-state index in [1.165, 1.54) is 11.1 Å². The van der Waals surface area contributed by atoms with Gasteiger partial charge in [-0.3, -0.25) is 5.32 Å². The molecule has 1 aliphatic rings. The van der Waals surface area contributed by atoms with E-state index in [2.05, 4.69) is 15.6 Å². The third kappa shape index (κ3) is 5.59. The second kappa shape index (κ2) is 8.73. The fraction of sp³-hybridized carbons (Fsp3) is 0.316. The van der Waals surface area contributed by atoms with E-state index in [1.807, 2.05) is 24.3 Å². The van der Waals surface area contributed by atoms with Crippen LogP contribution in [-0.4, -0.2) is 40.2 Å². The summed E-state index contributed by atoms with van der Waals surface area (Å²) in [4.78, 5) is 28.4. The zero-order chi connectivity index (χ0) is 19.2. The zero-order valence-corrected chi connectivity index (χ0v) is 15.4. The summed E-state index contributed by atoms with van der Waals surface area (Å²) in [5.74, 6) is 0.831. The van der Waals surface area contributed by atoms with Crippen molar-refractivity contribution in [1.29, 1.82) is 0 Å². The topological polar surface area (TPSA) is 94.6 Å². The first-order valence-corrected chi connectivity index (χ1v) is 9.14. The molecule has 7 nitrogen and oxygen atoms in total. The molecule has 1 aromatic carbocycles. The highest BCUT2D eigenvalue weighted by atomic mass is 35.5. The van der Waals surface area contributed by atoms with Gasteiger partial charge in [0.15, 0.2) is 0 Å². The maximum absolute atomic E-state index is 12.0. The van der Waals surface area contributed by atoms with Gasteiger partial charge in [-0.25, -0.2) is 14.6 Å². The number of nitrogens with zero attached hydrogens (tertiary/aromatic N) is 2. The Morgan fingerprint density at radius 3 is 2.59 bits per heavy atom. The van der Waals surface area contributed by atoms with Gasteiger partial charge in [0.25, 0.3) is 0 Å². The third-order valence-electron chi connectivity index (χ3n) is 4.58. The van der Waals surface area contributed by atoms with Crippen LogP contribution in [0.25, 0.3) is 0 Å². The molecule has 1 saturated heterocycles. The Kier molecular flexibility index (Phi) is 6.13. The van der Waals surface area contributed by atoms with Gasteiger partial charge in [-0.15, -0.1) is 0 Å². The minimum absolute atomic E-state index is 0.378. The van der Waals surface area contributed by atoms with Gasteiger partial charge < -0.3 is 15.3 Å². The highest BCUT2D eigenvalue weighted by molar-refractivity contribution is 6.30. The van der Waals surface area contributed by atoms with Crippen molar-refractivity contribution in [2.75, 3.05) is 23.7 Å². The Morgan fingerprint density at radius 1 is 1.19 bits per heavy atom. The molecule has 0 aliphatic carbocycles. The lowest BCUT2D eigenvalue weighted by Gasteiger charge is -2.12. The van der Waals surface area contributed by atoms with Crippen LogP contribution in [0.1, 0.15) is 18.4 Å². The molecule has 3 rings (SSSR count). The predicted molar refractivity (Wildman–Crippen MR) is 104 cm³/mol. The smallest absolute Gasteiger partial charge is 0.407 e. The number of anilines is 2. The van der Waals surface area contributed by atoms with Crippen LogP contribution < -0.4 is 10.6 Å². The molecule has 142 valence electrons. The number of amides is 3.